The first-order chi connectivity index (χ1) is 4.33. The van der Waals surface area contributed by atoms with Crippen LogP contribution >= 0.6 is 7.82 Å². The normalized spacial score (nSPS) is 10.6. The van der Waals surface area contributed by atoms with Gasteiger partial charge in [0, 0.05) is 0 Å². The Morgan fingerprint density at radius 3 is 2.10 bits per heavy atom. The van der Waals surface area contributed by atoms with E-state index in [1.54, 1.807) is 0 Å². The summed E-state index contributed by atoms with van der Waals surface area (Å²) in [5.41, 5.74) is 0. The standard InChI is InChI=1S/C3H5O6P/c1-2(3(4)5)9-10(6,7)8/h1H2,(H,4,5)(H2,6,7,8)/p-1. The van der Waals surface area contributed by atoms with Gasteiger partial charge in [0.1, 0.15) is 11.7 Å². The molecule has 0 saturated heterocycles. The number of carboxylic acids is 1. The Bertz CT molecular complexity index is 201. The molecule has 6 nitrogen and oxygen atoms in total. The van der Waals surface area contributed by atoms with Crippen molar-refractivity contribution in [3.63, 3.8) is 0 Å². The lowest BCUT2D eigenvalue weighted by atomic mass is 10.6. The van der Waals surface area contributed by atoms with Gasteiger partial charge in [-0.15, -0.1) is 0 Å². The molecule has 0 bridgehead atoms. The highest BCUT2D eigenvalue weighted by atomic mass is 31.2. The van der Waals surface area contributed by atoms with E-state index in [1.807, 2.05) is 0 Å². The molecule has 0 saturated carbocycles. The van der Waals surface area contributed by atoms with Crippen molar-refractivity contribution in [3.05, 3.63) is 12.3 Å². The zero-order chi connectivity index (χ0) is 8.36. The van der Waals surface area contributed by atoms with Crippen LogP contribution in [0.1, 0.15) is 0 Å². The average molecular weight is 167 g/mol. The minimum atomic E-state index is -4.80. The van der Waals surface area contributed by atoms with Gasteiger partial charge in [0.25, 0.3) is 0 Å². The molecular weight excluding hydrogens is 163 g/mol. The molecule has 0 aromatic heterocycles. The topological polar surface area (TPSA) is 107 Å². The van der Waals surface area contributed by atoms with Crippen molar-refractivity contribution in [3.8, 4) is 0 Å². The maximum absolute atomic E-state index is 9.87. The Morgan fingerprint density at radius 2 is 2.00 bits per heavy atom. The molecule has 0 spiro atoms. The van der Waals surface area contributed by atoms with Gasteiger partial charge in [-0.05, 0) is 0 Å². The van der Waals surface area contributed by atoms with Gasteiger partial charge in [-0.3, -0.25) is 9.79 Å². The van der Waals surface area contributed by atoms with Crippen LogP contribution in [0.25, 0.3) is 0 Å². The zero-order valence-corrected chi connectivity index (χ0v) is 5.58. The summed E-state index contributed by atoms with van der Waals surface area (Å²) in [5.74, 6) is -2.95. The molecule has 0 rings (SSSR count). The monoisotopic (exact) mass is 167 g/mol. The van der Waals surface area contributed by atoms with Crippen LogP contribution in [0.15, 0.2) is 12.3 Å². The Balaban J connectivity index is 4.07. The van der Waals surface area contributed by atoms with Gasteiger partial charge >= 0.3 is 7.82 Å². The van der Waals surface area contributed by atoms with Crippen LogP contribution in [-0.4, -0.2) is 15.8 Å². The van der Waals surface area contributed by atoms with Crippen molar-refractivity contribution >= 4 is 13.8 Å². The highest BCUT2D eigenvalue weighted by molar-refractivity contribution is 7.46. The van der Waals surface area contributed by atoms with Crippen LogP contribution in [0.5, 0.6) is 0 Å². The van der Waals surface area contributed by atoms with Gasteiger partial charge < -0.3 is 14.4 Å². The molecule has 0 atom stereocenters. The molecule has 2 N–H and O–H groups in total. The number of phosphoric ester groups is 1. The molecule has 0 heterocycles. The van der Waals surface area contributed by atoms with Crippen molar-refractivity contribution in [2.45, 2.75) is 0 Å². The predicted octanol–water partition coefficient (Wildman–Crippen LogP) is -1.64. The van der Waals surface area contributed by atoms with Crippen LogP contribution in [0.3, 0.4) is 0 Å². The minimum absolute atomic E-state index is 1.09. The molecule has 0 aliphatic carbocycles. The summed E-state index contributed by atoms with van der Waals surface area (Å²) in [4.78, 5) is 25.6. The molecule has 7 heteroatoms. The second-order valence-electron chi connectivity index (χ2n) is 1.29. The summed E-state index contributed by atoms with van der Waals surface area (Å²) in [6, 6.07) is 0. The quantitative estimate of drug-likeness (QED) is 0.296. The molecule has 0 aliphatic rings. The molecule has 0 amide bonds. The van der Waals surface area contributed by atoms with Crippen molar-refractivity contribution in [1.29, 1.82) is 0 Å². The van der Waals surface area contributed by atoms with Gasteiger partial charge in [0.15, 0.2) is 0 Å². The van der Waals surface area contributed by atoms with Crippen molar-refractivity contribution in [2.24, 2.45) is 0 Å². The number of carbonyl (C=O) groups is 1. The second-order valence-corrected chi connectivity index (χ2v) is 2.46. The second kappa shape index (κ2) is 2.83. The van der Waals surface area contributed by atoms with Crippen LogP contribution in [0, 0.1) is 0 Å². The zero-order valence-electron chi connectivity index (χ0n) is 4.68. The third kappa shape index (κ3) is 4.08. The van der Waals surface area contributed by atoms with Gasteiger partial charge in [-0.1, -0.05) is 6.58 Å². The van der Waals surface area contributed by atoms with Gasteiger partial charge in [-0.25, -0.2) is 4.57 Å². The molecule has 0 aromatic carbocycles. The SMILES string of the molecule is C=C(OP(=O)(O)O)C(=O)[O-]. The summed E-state index contributed by atoms with van der Waals surface area (Å²) >= 11 is 0. The number of aliphatic carboxylic acids is 1. The first-order valence-corrected chi connectivity index (χ1v) is 3.51. The summed E-state index contributed by atoms with van der Waals surface area (Å²) in [7, 11) is -4.80. The van der Waals surface area contributed by atoms with Crippen LogP contribution in [0.4, 0.5) is 0 Å². The Kier molecular flexibility index (Phi) is 2.59. The Hall–Kier alpha value is -0.840. The van der Waals surface area contributed by atoms with E-state index in [4.69, 9.17) is 9.79 Å². The molecule has 0 fully saturated rings. The highest BCUT2D eigenvalue weighted by Crippen LogP contribution is 2.38. The smallest absolute Gasteiger partial charge is 0.524 e. The van der Waals surface area contributed by atoms with E-state index in [1.165, 1.54) is 0 Å². The van der Waals surface area contributed by atoms with Crippen molar-refractivity contribution < 1.29 is 28.8 Å². The number of carboxylic acid groups (broad SMARTS) is 1. The molecule has 0 aliphatic heterocycles. The lowest BCUT2D eigenvalue weighted by Gasteiger charge is -2.08. The average Bonchev–Trinajstić information content (AvgIpc) is 1.60. The Morgan fingerprint density at radius 1 is 1.60 bits per heavy atom. The van der Waals surface area contributed by atoms with E-state index in [2.05, 4.69) is 11.1 Å². The summed E-state index contributed by atoms with van der Waals surface area (Å²) in [5, 5.41) is 9.70. The Labute approximate surface area is 56.0 Å². The number of rotatable bonds is 3. The van der Waals surface area contributed by atoms with E-state index < -0.39 is 19.6 Å². The molecule has 0 aromatic rings. The number of hydrogen-bond acceptors (Lipinski definition) is 4. The van der Waals surface area contributed by atoms with E-state index in [0.29, 0.717) is 0 Å². The van der Waals surface area contributed by atoms with E-state index in [9.17, 15) is 14.5 Å². The fourth-order valence-electron chi connectivity index (χ4n) is 0.181. The first kappa shape index (κ1) is 9.16. The highest BCUT2D eigenvalue weighted by Gasteiger charge is 2.16. The first-order valence-electron chi connectivity index (χ1n) is 1.98. The largest absolute Gasteiger partial charge is 0.542 e. The van der Waals surface area contributed by atoms with Crippen LogP contribution in [0.2, 0.25) is 0 Å². The maximum Gasteiger partial charge on any atom is 0.524 e. The molecule has 0 radical (unpaired) electrons. The van der Waals surface area contributed by atoms with E-state index >= 15 is 0 Å². The number of carbonyl (C=O) groups excluding carboxylic acids is 1. The molecule has 58 valence electrons. The van der Waals surface area contributed by atoms with E-state index in [-0.39, 0.29) is 0 Å². The van der Waals surface area contributed by atoms with Crippen molar-refractivity contribution in [1.82, 2.24) is 0 Å². The predicted molar refractivity (Wildman–Crippen MR) is 27.3 cm³/mol. The van der Waals surface area contributed by atoms with Crippen LogP contribution < -0.4 is 5.11 Å². The summed E-state index contributed by atoms with van der Waals surface area (Å²) in [6.45, 7) is 2.66. The molecular formula is C3H4O6P-. The lowest BCUT2D eigenvalue weighted by molar-refractivity contribution is -0.302. The van der Waals surface area contributed by atoms with Gasteiger partial charge in [0.2, 0.25) is 0 Å². The van der Waals surface area contributed by atoms with Crippen molar-refractivity contribution in [2.75, 3.05) is 0 Å². The third-order valence-corrected chi connectivity index (χ3v) is 0.915. The van der Waals surface area contributed by atoms with Crippen LogP contribution in [-0.2, 0) is 13.9 Å². The number of hydrogen-bond donors (Lipinski definition) is 2. The molecule has 10 heavy (non-hydrogen) atoms. The third-order valence-electron chi connectivity index (χ3n) is 0.457. The van der Waals surface area contributed by atoms with Gasteiger partial charge in [-0.2, -0.15) is 0 Å². The molecule has 0 unspecified atom stereocenters. The summed E-state index contributed by atoms with van der Waals surface area (Å²) in [6.07, 6.45) is 0. The fourth-order valence-corrected chi connectivity index (χ4v) is 0.542. The summed E-state index contributed by atoms with van der Waals surface area (Å²) < 4.78 is 13.4. The number of phosphoric acid groups is 1. The maximum atomic E-state index is 9.87. The fraction of sp³-hybridized carbons (Fsp3) is 0. The van der Waals surface area contributed by atoms with E-state index in [0.717, 1.165) is 0 Å². The van der Waals surface area contributed by atoms with Gasteiger partial charge in [0.05, 0.1) is 0 Å². The minimum Gasteiger partial charge on any atom is -0.542 e. The lowest BCUT2D eigenvalue weighted by Crippen LogP contribution is -2.24.